The van der Waals surface area contributed by atoms with Gasteiger partial charge in [-0.2, -0.15) is 11.3 Å². The number of nitrogens with zero attached hydrogens (tertiary/aromatic N) is 1. The van der Waals surface area contributed by atoms with Crippen LogP contribution in [0.15, 0.2) is 16.8 Å². The zero-order chi connectivity index (χ0) is 13.0. The molecule has 0 saturated heterocycles. The molecule has 3 heteroatoms. The molecule has 1 heterocycles. The van der Waals surface area contributed by atoms with Crippen molar-refractivity contribution in [2.24, 2.45) is 5.41 Å². The van der Waals surface area contributed by atoms with Gasteiger partial charge in [-0.15, -0.1) is 0 Å². The second kappa shape index (κ2) is 6.18. The lowest BCUT2D eigenvalue weighted by Crippen LogP contribution is -2.41. The molecular weight excluding hydrogens is 240 g/mol. The zero-order valence-electron chi connectivity index (χ0n) is 11.9. The van der Waals surface area contributed by atoms with Crippen LogP contribution in [0, 0.1) is 5.41 Å². The summed E-state index contributed by atoms with van der Waals surface area (Å²) in [4.78, 5) is 2.46. The van der Waals surface area contributed by atoms with Gasteiger partial charge >= 0.3 is 0 Å². The first kappa shape index (κ1) is 14.0. The van der Waals surface area contributed by atoms with Crippen molar-refractivity contribution in [3.8, 4) is 0 Å². The lowest BCUT2D eigenvalue weighted by molar-refractivity contribution is 0.175. The second-order valence-electron chi connectivity index (χ2n) is 6.12. The maximum Gasteiger partial charge on any atom is 0.0239 e. The minimum absolute atomic E-state index is 0.396. The molecule has 1 N–H and O–H groups in total. The molecule has 1 aromatic heterocycles. The molecule has 2 nitrogen and oxygen atoms in total. The van der Waals surface area contributed by atoms with Gasteiger partial charge in [0.05, 0.1) is 0 Å². The van der Waals surface area contributed by atoms with E-state index in [1.165, 1.54) is 31.4 Å². The minimum Gasteiger partial charge on any atom is -0.313 e. The highest BCUT2D eigenvalue weighted by molar-refractivity contribution is 7.07. The molecule has 102 valence electrons. The van der Waals surface area contributed by atoms with Crippen molar-refractivity contribution in [3.63, 3.8) is 0 Å². The predicted molar refractivity (Wildman–Crippen MR) is 80.1 cm³/mol. The first-order valence-corrected chi connectivity index (χ1v) is 7.98. The van der Waals surface area contributed by atoms with Crippen LogP contribution in [0.2, 0.25) is 0 Å². The predicted octanol–water partition coefficient (Wildman–Crippen LogP) is 3.35. The molecule has 0 radical (unpaired) electrons. The van der Waals surface area contributed by atoms with E-state index >= 15 is 0 Å². The quantitative estimate of drug-likeness (QED) is 0.776. The molecule has 2 rings (SSSR count). The maximum absolute atomic E-state index is 3.69. The summed E-state index contributed by atoms with van der Waals surface area (Å²) in [6.07, 6.45) is 4.00. The molecule has 1 saturated carbocycles. The fraction of sp³-hybridized carbons (Fsp3) is 0.733. The zero-order valence-corrected chi connectivity index (χ0v) is 12.7. The van der Waals surface area contributed by atoms with Crippen molar-refractivity contribution in [1.82, 2.24) is 10.2 Å². The summed E-state index contributed by atoms with van der Waals surface area (Å²) in [5.41, 5.74) is 1.84. The molecular formula is C15H26N2S. The molecule has 0 spiro atoms. The molecule has 1 aliphatic rings. The minimum atomic E-state index is 0.396. The second-order valence-corrected chi connectivity index (χ2v) is 6.90. The smallest absolute Gasteiger partial charge is 0.0239 e. The van der Waals surface area contributed by atoms with Crippen LogP contribution in [0.25, 0.3) is 0 Å². The van der Waals surface area contributed by atoms with E-state index in [9.17, 15) is 0 Å². The van der Waals surface area contributed by atoms with Gasteiger partial charge in [0.1, 0.15) is 0 Å². The average molecular weight is 266 g/mol. The third-order valence-corrected chi connectivity index (χ3v) is 4.66. The van der Waals surface area contributed by atoms with E-state index < -0.39 is 0 Å². The highest BCUT2D eigenvalue weighted by Gasteiger charge is 2.28. The van der Waals surface area contributed by atoms with Crippen molar-refractivity contribution >= 4 is 11.3 Å². The first-order chi connectivity index (χ1) is 8.61. The first-order valence-electron chi connectivity index (χ1n) is 7.04. The average Bonchev–Trinajstić information content (AvgIpc) is 3.04. The van der Waals surface area contributed by atoms with Crippen molar-refractivity contribution in [2.75, 3.05) is 20.1 Å². The highest BCUT2D eigenvalue weighted by atomic mass is 32.1. The van der Waals surface area contributed by atoms with Crippen LogP contribution >= 0.6 is 11.3 Å². The van der Waals surface area contributed by atoms with Gasteiger partial charge in [-0.1, -0.05) is 13.8 Å². The number of rotatable bonds is 8. The molecule has 1 aliphatic carbocycles. The lowest BCUT2D eigenvalue weighted by Gasteiger charge is -2.33. The summed E-state index contributed by atoms with van der Waals surface area (Å²) in [5.74, 6) is 0. The standard InChI is InChI=1S/C15H26N2S/c1-4-15(2,11-16-14-5-6-14)12-17(3)9-13-7-8-18-10-13/h7-8,10,14,16H,4-6,9,11-12H2,1-3H3. The Morgan fingerprint density at radius 2 is 2.28 bits per heavy atom. The van der Waals surface area contributed by atoms with E-state index in [2.05, 4.69) is 47.9 Å². The van der Waals surface area contributed by atoms with Crippen molar-refractivity contribution in [1.29, 1.82) is 0 Å². The van der Waals surface area contributed by atoms with Gasteiger partial charge in [0.15, 0.2) is 0 Å². The molecule has 1 aromatic rings. The van der Waals surface area contributed by atoms with Crippen LogP contribution < -0.4 is 5.32 Å². The summed E-state index contributed by atoms with van der Waals surface area (Å²) in [5, 5.41) is 8.10. The third kappa shape index (κ3) is 4.38. The van der Waals surface area contributed by atoms with Crippen LogP contribution in [0.1, 0.15) is 38.7 Å². The van der Waals surface area contributed by atoms with Gasteiger partial charge in [0.25, 0.3) is 0 Å². The van der Waals surface area contributed by atoms with E-state index in [4.69, 9.17) is 0 Å². The number of thiophene rings is 1. The normalized spacial score (nSPS) is 19.1. The fourth-order valence-electron chi connectivity index (χ4n) is 2.37. The van der Waals surface area contributed by atoms with E-state index in [0.29, 0.717) is 5.41 Å². The summed E-state index contributed by atoms with van der Waals surface area (Å²) >= 11 is 1.79. The monoisotopic (exact) mass is 266 g/mol. The Labute approximate surface area is 115 Å². The van der Waals surface area contributed by atoms with Crippen LogP contribution in [0.4, 0.5) is 0 Å². The van der Waals surface area contributed by atoms with Gasteiger partial charge < -0.3 is 10.2 Å². The summed E-state index contributed by atoms with van der Waals surface area (Å²) in [6.45, 7) is 8.11. The topological polar surface area (TPSA) is 15.3 Å². The largest absolute Gasteiger partial charge is 0.313 e. The maximum atomic E-state index is 3.69. The third-order valence-electron chi connectivity index (χ3n) is 3.93. The van der Waals surface area contributed by atoms with Gasteiger partial charge in [0.2, 0.25) is 0 Å². The number of nitrogens with one attached hydrogen (secondary N) is 1. The molecule has 0 aromatic carbocycles. The van der Waals surface area contributed by atoms with Crippen molar-refractivity contribution in [3.05, 3.63) is 22.4 Å². The molecule has 18 heavy (non-hydrogen) atoms. The molecule has 0 bridgehead atoms. The molecule has 0 aliphatic heterocycles. The Morgan fingerprint density at radius 1 is 1.50 bits per heavy atom. The van der Waals surface area contributed by atoms with E-state index in [-0.39, 0.29) is 0 Å². The van der Waals surface area contributed by atoms with E-state index in [0.717, 1.165) is 19.1 Å². The summed E-state index contributed by atoms with van der Waals surface area (Å²) < 4.78 is 0. The Morgan fingerprint density at radius 3 is 2.83 bits per heavy atom. The van der Waals surface area contributed by atoms with Gasteiger partial charge in [-0.3, -0.25) is 0 Å². The molecule has 1 atom stereocenters. The Balaban J connectivity index is 1.79. The highest BCUT2D eigenvalue weighted by Crippen LogP contribution is 2.25. The van der Waals surface area contributed by atoms with Gasteiger partial charge in [0, 0.05) is 25.7 Å². The fourth-order valence-corrected chi connectivity index (χ4v) is 3.03. The van der Waals surface area contributed by atoms with Crippen LogP contribution in [0.3, 0.4) is 0 Å². The summed E-state index contributed by atoms with van der Waals surface area (Å²) in [6, 6.07) is 3.05. The van der Waals surface area contributed by atoms with E-state index in [1.54, 1.807) is 11.3 Å². The Kier molecular flexibility index (Phi) is 4.82. The number of hydrogen-bond acceptors (Lipinski definition) is 3. The van der Waals surface area contributed by atoms with Gasteiger partial charge in [-0.05, 0) is 54.1 Å². The molecule has 0 amide bonds. The molecule has 1 unspecified atom stereocenters. The van der Waals surface area contributed by atoms with Crippen LogP contribution in [-0.2, 0) is 6.54 Å². The van der Waals surface area contributed by atoms with Crippen molar-refractivity contribution < 1.29 is 0 Å². The Hall–Kier alpha value is -0.380. The lowest BCUT2D eigenvalue weighted by atomic mass is 9.86. The molecule has 1 fully saturated rings. The number of hydrogen-bond donors (Lipinski definition) is 1. The van der Waals surface area contributed by atoms with Crippen LogP contribution in [-0.4, -0.2) is 31.1 Å². The van der Waals surface area contributed by atoms with Crippen molar-refractivity contribution in [2.45, 2.75) is 45.7 Å². The van der Waals surface area contributed by atoms with E-state index in [1.807, 2.05) is 0 Å². The van der Waals surface area contributed by atoms with Gasteiger partial charge in [-0.25, -0.2) is 0 Å². The SMILES string of the molecule is CCC(C)(CNC1CC1)CN(C)Cc1ccsc1. The Bertz CT molecular complexity index is 345. The van der Waals surface area contributed by atoms with Crippen LogP contribution in [0.5, 0.6) is 0 Å². The summed E-state index contributed by atoms with van der Waals surface area (Å²) in [7, 11) is 2.24.